The third-order valence-electron chi connectivity index (χ3n) is 3.41. The number of carbonyl (C=O) groups is 1. The zero-order valence-corrected chi connectivity index (χ0v) is 13.5. The van der Waals surface area contributed by atoms with Crippen LogP contribution in [0.2, 0.25) is 0 Å². The number of nitrogens with one attached hydrogen (secondary N) is 1. The third-order valence-corrected chi connectivity index (χ3v) is 3.41. The van der Waals surface area contributed by atoms with Gasteiger partial charge in [-0.25, -0.2) is 0 Å². The minimum atomic E-state index is -0.660. The monoisotopic (exact) mass is 347 g/mol. The van der Waals surface area contributed by atoms with Crippen LogP contribution in [0.15, 0.2) is 41.3 Å². The van der Waals surface area contributed by atoms with E-state index in [2.05, 4.69) is 5.32 Å². The molecular weight excluding hydrogens is 330 g/mol. The van der Waals surface area contributed by atoms with Gasteiger partial charge in [0, 0.05) is 25.9 Å². The lowest BCUT2D eigenvalue weighted by molar-refractivity contribution is -0.385. The molecule has 0 saturated carbocycles. The van der Waals surface area contributed by atoms with Crippen LogP contribution in [0.5, 0.6) is 11.5 Å². The molecule has 1 aromatic heterocycles. The first-order valence-corrected chi connectivity index (χ1v) is 7.45. The van der Waals surface area contributed by atoms with Crippen molar-refractivity contribution < 1.29 is 19.6 Å². The summed E-state index contributed by atoms with van der Waals surface area (Å²) in [6.07, 6.45) is 1.78. The second-order valence-electron chi connectivity index (χ2n) is 5.18. The van der Waals surface area contributed by atoms with Crippen molar-refractivity contribution in [1.82, 2.24) is 9.88 Å². The number of benzene rings is 1. The largest absolute Gasteiger partial charge is 0.502 e. The van der Waals surface area contributed by atoms with Gasteiger partial charge in [-0.1, -0.05) is 12.1 Å². The normalized spacial score (nSPS) is 10.3. The number of rotatable bonds is 7. The summed E-state index contributed by atoms with van der Waals surface area (Å²) in [4.78, 5) is 33.9. The highest BCUT2D eigenvalue weighted by atomic mass is 16.6. The van der Waals surface area contributed by atoms with E-state index in [-0.39, 0.29) is 30.2 Å². The molecule has 0 bridgehead atoms. The Morgan fingerprint density at radius 1 is 1.36 bits per heavy atom. The van der Waals surface area contributed by atoms with Gasteiger partial charge in [0.25, 0.3) is 11.5 Å². The highest BCUT2D eigenvalue weighted by Gasteiger charge is 2.15. The molecule has 1 amide bonds. The standard InChI is InChI=1S/C16H17N3O6/c1-18-9-7-11(14(20)16(18)22)15(21)17-8-4-10-25-13-6-3-2-5-12(13)19(23)24/h2-3,5-7,9,20H,4,8,10H2,1H3,(H,17,21). The number of aryl methyl sites for hydroxylation is 1. The number of hydrogen-bond acceptors (Lipinski definition) is 6. The molecule has 0 atom stereocenters. The van der Waals surface area contributed by atoms with Crippen molar-refractivity contribution in [3.05, 3.63) is 62.6 Å². The van der Waals surface area contributed by atoms with Crippen molar-refractivity contribution in [3.63, 3.8) is 0 Å². The van der Waals surface area contributed by atoms with Gasteiger partial charge >= 0.3 is 5.69 Å². The van der Waals surface area contributed by atoms with Crippen LogP contribution in [0.3, 0.4) is 0 Å². The highest BCUT2D eigenvalue weighted by Crippen LogP contribution is 2.25. The minimum Gasteiger partial charge on any atom is -0.502 e. The Hall–Kier alpha value is -3.36. The number of para-hydroxylation sites is 2. The Kier molecular flexibility index (Phi) is 5.72. The number of aromatic nitrogens is 1. The fourth-order valence-corrected chi connectivity index (χ4v) is 2.08. The third kappa shape index (κ3) is 4.34. The van der Waals surface area contributed by atoms with E-state index >= 15 is 0 Å². The first kappa shape index (κ1) is 18.0. The lowest BCUT2D eigenvalue weighted by Crippen LogP contribution is -2.28. The maximum Gasteiger partial charge on any atom is 0.310 e. The summed E-state index contributed by atoms with van der Waals surface area (Å²) in [5.74, 6) is -1.04. The van der Waals surface area contributed by atoms with Gasteiger partial charge in [0.05, 0.1) is 17.1 Å². The summed E-state index contributed by atoms with van der Waals surface area (Å²) in [7, 11) is 1.46. The molecule has 2 rings (SSSR count). The summed E-state index contributed by atoms with van der Waals surface area (Å²) >= 11 is 0. The maximum absolute atomic E-state index is 12.0. The van der Waals surface area contributed by atoms with E-state index in [1.165, 1.54) is 31.4 Å². The first-order chi connectivity index (χ1) is 11.9. The minimum absolute atomic E-state index is 0.109. The van der Waals surface area contributed by atoms with Gasteiger partial charge in [0.1, 0.15) is 0 Å². The Morgan fingerprint density at radius 2 is 2.08 bits per heavy atom. The zero-order chi connectivity index (χ0) is 18.4. The molecule has 0 spiro atoms. The predicted octanol–water partition coefficient (Wildman–Crippen LogP) is 1.20. The molecule has 0 unspecified atom stereocenters. The van der Waals surface area contributed by atoms with Crippen molar-refractivity contribution >= 4 is 11.6 Å². The number of carbonyl (C=O) groups excluding carboxylic acids is 1. The number of nitro benzene ring substituents is 1. The first-order valence-electron chi connectivity index (χ1n) is 7.45. The van der Waals surface area contributed by atoms with E-state index in [4.69, 9.17) is 4.74 Å². The van der Waals surface area contributed by atoms with Crippen molar-refractivity contribution in [2.24, 2.45) is 7.05 Å². The lowest BCUT2D eigenvalue weighted by atomic mass is 10.2. The molecule has 0 aliphatic rings. The molecule has 9 nitrogen and oxygen atoms in total. The number of nitrogens with zero attached hydrogens (tertiary/aromatic N) is 2. The van der Waals surface area contributed by atoms with Crippen LogP contribution < -0.4 is 15.6 Å². The zero-order valence-electron chi connectivity index (χ0n) is 13.5. The van der Waals surface area contributed by atoms with E-state index in [1.807, 2.05) is 0 Å². The van der Waals surface area contributed by atoms with Crippen LogP contribution in [0.1, 0.15) is 16.8 Å². The van der Waals surface area contributed by atoms with Crippen molar-refractivity contribution in [3.8, 4) is 11.5 Å². The second kappa shape index (κ2) is 7.95. The molecule has 1 heterocycles. The molecule has 2 N–H and O–H groups in total. The Balaban J connectivity index is 1.84. The van der Waals surface area contributed by atoms with Crippen molar-refractivity contribution in [2.75, 3.05) is 13.2 Å². The number of ether oxygens (including phenoxy) is 1. The molecule has 25 heavy (non-hydrogen) atoms. The fraction of sp³-hybridized carbons (Fsp3) is 0.250. The quantitative estimate of drug-likeness (QED) is 0.440. The molecular formula is C16H17N3O6. The Bertz CT molecular complexity index is 846. The summed E-state index contributed by atoms with van der Waals surface area (Å²) in [6.45, 7) is 0.377. The van der Waals surface area contributed by atoms with Gasteiger partial charge in [-0.15, -0.1) is 0 Å². The van der Waals surface area contributed by atoms with Crippen LogP contribution in [0.25, 0.3) is 0 Å². The molecule has 132 valence electrons. The average molecular weight is 347 g/mol. The highest BCUT2D eigenvalue weighted by molar-refractivity contribution is 5.96. The molecule has 2 aromatic rings. The topological polar surface area (TPSA) is 124 Å². The molecule has 0 fully saturated rings. The van der Waals surface area contributed by atoms with Gasteiger partial charge in [-0.2, -0.15) is 0 Å². The van der Waals surface area contributed by atoms with E-state index in [0.717, 1.165) is 4.57 Å². The van der Waals surface area contributed by atoms with Gasteiger partial charge < -0.3 is 19.7 Å². The van der Waals surface area contributed by atoms with Gasteiger partial charge in [-0.05, 0) is 18.6 Å². The summed E-state index contributed by atoms with van der Waals surface area (Å²) in [5.41, 5.74) is -0.897. The van der Waals surface area contributed by atoms with Crippen LogP contribution in [0, 0.1) is 10.1 Å². The summed E-state index contributed by atoms with van der Waals surface area (Å²) in [5, 5.41) is 23.1. The number of hydrogen-bond donors (Lipinski definition) is 2. The van der Waals surface area contributed by atoms with Gasteiger partial charge in [-0.3, -0.25) is 19.7 Å². The van der Waals surface area contributed by atoms with Crippen LogP contribution >= 0.6 is 0 Å². The lowest BCUT2D eigenvalue weighted by Gasteiger charge is -2.09. The molecule has 0 radical (unpaired) electrons. The van der Waals surface area contributed by atoms with Crippen LogP contribution in [0.4, 0.5) is 5.69 Å². The Labute approximate surface area is 142 Å². The van der Waals surface area contributed by atoms with E-state index < -0.39 is 22.1 Å². The predicted molar refractivity (Wildman–Crippen MR) is 88.9 cm³/mol. The average Bonchev–Trinajstić information content (AvgIpc) is 2.59. The fourth-order valence-electron chi connectivity index (χ4n) is 2.08. The summed E-state index contributed by atoms with van der Waals surface area (Å²) < 4.78 is 6.51. The molecule has 9 heteroatoms. The number of amides is 1. The molecule has 0 aliphatic heterocycles. The smallest absolute Gasteiger partial charge is 0.310 e. The Morgan fingerprint density at radius 3 is 2.80 bits per heavy atom. The van der Waals surface area contributed by atoms with E-state index in [0.29, 0.717) is 6.42 Å². The molecule has 0 aliphatic carbocycles. The number of pyridine rings is 1. The van der Waals surface area contributed by atoms with Crippen LogP contribution in [-0.4, -0.2) is 33.7 Å². The second-order valence-corrected chi connectivity index (χ2v) is 5.18. The van der Waals surface area contributed by atoms with E-state index in [9.17, 15) is 24.8 Å². The van der Waals surface area contributed by atoms with Crippen LogP contribution in [-0.2, 0) is 7.05 Å². The van der Waals surface area contributed by atoms with Crippen molar-refractivity contribution in [2.45, 2.75) is 6.42 Å². The SMILES string of the molecule is Cn1ccc(C(=O)NCCCOc2ccccc2[N+](=O)[O-])c(O)c1=O. The van der Waals surface area contributed by atoms with Gasteiger partial charge in [0.2, 0.25) is 0 Å². The maximum atomic E-state index is 12.0. The molecule has 1 aromatic carbocycles. The van der Waals surface area contributed by atoms with Crippen molar-refractivity contribution in [1.29, 1.82) is 0 Å². The summed E-state index contributed by atoms with van der Waals surface area (Å²) in [6, 6.07) is 7.35. The number of aromatic hydroxyl groups is 1. The molecule has 0 saturated heterocycles. The van der Waals surface area contributed by atoms with Gasteiger partial charge in [0.15, 0.2) is 11.5 Å². The van der Waals surface area contributed by atoms with E-state index in [1.54, 1.807) is 12.1 Å². The number of nitro groups is 1.